The summed E-state index contributed by atoms with van der Waals surface area (Å²) < 4.78 is 0. The van der Waals surface area contributed by atoms with Crippen LogP contribution in [0.4, 0.5) is 0 Å². The first-order valence-electron chi connectivity index (χ1n) is 4.67. The van der Waals surface area contributed by atoms with Crippen LogP contribution in [0.5, 0.6) is 0 Å². The molecule has 0 aromatic heterocycles. The Kier molecular flexibility index (Phi) is 8.39. The van der Waals surface area contributed by atoms with Crippen LogP contribution in [0.3, 0.4) is 0 Å². The maximum Gasteiger partial charge on any atom is 1.00 e. The molecule has 0 aliphatic heterocycles. The molecule has 0 N–H and O–H groups in total. The van der Waals surface area contributed by atoms with E-state index in [2.05, 4.69) is 30.8 Å². The summed E-state index contributed by atoms with van der Waals surface area (Å²) in [6.07, 6.45) is 0. The largest absolute Gasteiger partial charge is 1.00 e. The average Bonchev–Trinajstić information content (AvgIpc) is 2.30. The van der Waals surface area contributed by atoms with Crippen molar-refractivity contribution in [3.8, 4) is 0 Å². The van der Waals surface area contributed by atoms with Gasteiger partial charge in [-0.15, -0.1) is 0 Å². The molecule has 0 saturated heterocycles. The van der Waals surface area contributed by atoms with Gasteiger partial charge in [0.15, 0.2) is 0 Å². The van der Waals surface area contributed by atoms with Crippen molar-refractivity contribution in [1.29, 1.82) is 0 Å². The predicted octanol–water partition coefficient (Wildman–Crippen LogP) is -2.02. The summed E-state index contributed by atoms with van der Waals surface area (Å²) in [5.74, 6) is 0. The molecule has 0 fully saturated rings. The summed E-state index contributed by atoms with van der Waals surface area (Å²) in [6, 6.07) is 20.5. The molecule has 0 atom stereocenters. The average molecular weight is 228 g/mol. The molecule has 0 heterocycles. The van der Waals surface area contributed by atoms with E-state index in [0.29, 0.717) is 0 Å². The molecule has 0 radical (unpaired) electrons. The molecule has 0 unspecified atom stereocenters. The molecule has 72 valence electrons. The Morgan fingerprint density at radius 1 is 0.688 bits per heavy atom. The Morgan fingerprint density at radius 3 is 1.31 bits per heavy atom. The fourth-order valence-corrected chi connectivity index (χ4v) is 1.45. The van der Waals surface area contributed by atoms with Gasteiger partial charge in [0.05, 0.1) is 0 Å². The van der Waals surface area contributed by atoms with Gasteiger partial charge < -0.3 is 2.85 Å². The van der Waals surface area contributed by atoms with Crippen molar-refractivity contribution < 1.29 is 62.0 Å². The molecule has 16 heavy (non-hydrogen) atoms. The number of hydrogen-bond acceptors (Lipinski definition) is 0. The predicted molar refractivity (Wildman–Crippen MR) is 63.2 cm³/mol. The smallest absolute Gasteiger partial charge is 1.00 e. The van der Waals surface area contributed by atoms with E-state index in [9.17, 15) is 0 Å². The van der Waals surface area contributed by atoms with Gasteiger partial charge in [-0.05, 0) is 16.7 Å². The molecule has 2 aromatic rings. The Morgan fingerprint density at radius 2 is 1.00 bits per heavy atom. The zero-order valence-electron chi connectivity index (χ0n) is 12.0. The van der Waals surface area contributed by atoms with Crippen molar-refractivity contribution in [3.63, 3.8) is 0 Å². The van der Waals surface area contributed by atoms with Gasteiger partial charge >= 0.3 is 59.1 Å². The Hall–Kier alpha value is 0.180. The van der Waals surface area contributed by atoms with Crippen molar-refractivity contribution in [2.24, 2.45) is 0 Å². The van der Waals surface area contributed by atoms with Crippen LogP contribution in [0.15, 0.2) is 67.2 Å². The first kappa shape index (κ1) is 16.2. The molecule has 2 aromatic carbocycles. The second-order valence-electron chi connectivity index (χ2n) is 3.21. The van der Waals surface area contributed by atoms with Gasteiger partial charge in [-0.3, -0.25) is 0 Å². The molecule has 0 bridgehead atoms. The van der Waals surface area contributed by atoms with E-state index in [1.165, 1.54) is 11.1 Å². The van der Waals surface area contributed by atoms with E-state index >= 15 is 0 Å². The molecule has 2 rings (SSSR count). The minimum absolute atomic E-state index is 0. The van der Waals surface area contributed by atoms with Crippen LogP contribution in [0, 0.1) is 0 Å². The first-order valence-corrected chi connectivity index (χ1v) is 4.67. The second-order valence-corrected chi connectivity index (χ2v) is 3.21. The van der Waals surface area contributed by atoms with Gasteiger partial charge in [0.1, 0.15) is 0 Å². The van der Waals surface area contributed by atoms with E-state index in [1.54, 1.807) is 0 Å². The number of rotatable bonds is 2. The molecule has 0 aliphatic rings. The molecule has 2 heteroatoms. The molecular weight excluding hydrogens is 214 g/mol. The van der Waals surface area contributed by atoms with Gasteiger partial charge in [0.25, 0.3) is 0 Å². The van der Waals surface area contributed by atoms with Crippen LogP contribution < -0.4 is 59.1 Å². The zero-order valence-corrected chi connectivity index (χ0v) is 14.0. The third-order valence-electron chi connectivity index (χ3n) is 2.24. The monoisotopic (exact) mass is 228 g/mol. The molecule has 0 nitrogen and oxygen atoms in total. The van der Waals surface area contributed by atoms with Crippen LogP contribution in [0.2, 0.25) is 0 Å². The van der Waals surface area contributed by atoms with E-state index in [4.69, 9.17) is 0 Å². The standard InChI is InChI=1S/C14H12.2Na.2H/c1-12(13-8-4-2-5-9-13)14-10-6-3-7-11-14;;;;/h2-11H,1H2;;;;/q;2*+1;2*-1. The van der Waals surface area contributed by atoms with Gasteiger partial charge in [-0.1, -0.05) is 67.2 Å². The van der Waals surface area contributed by atoms with Crippen LogP contribution in [-0.4, -0.2) is 0 Å². The zero-order chi connectivity index (χ0) is 9.80. The van der Waals surface area contributed by atoms with Gasteiger partial charge in [-0.2, -0.15) is 0 Å². The third kappa shape index (κ3) is 4.21. The topological polar surface area (TPSA) is 0 Å². The Balaban J connectivity index is -0.000000562. The normalized spacial score (nSPS) is 8.50. The molecule has 0 saturated carbocycles. The van der Waals surface area contributed by atoms with E-state index in [1.807, 2.05) is 36.4 Å². The second kappa shape index (κ2) is 8.30. The summed E-state index contributed by atoms with van der Waals surface area (Å²) in [5, 5.41) is 0. The van der Waals surface area contributed by atoms with Crippen LogP contribution in [0.1, 0.15) is 14.0 Å². The van der Waals surface area contributed by atoms with Crippen molar-refractivity contribution in [3.05, 3.63) is 78.4 Å². The van der Waals surface area contributed by atoms with Gasteiger partial charge in [-0.25, -0.2) is 0 Å². The van der Waals surface area contributed by atoms with Crippen molar-refractivity contribution in [2.45, 2.75) is 0 Å². The molecule has 0 spiro atoms. The summed E-state index contributed by atoms with van der Waals surface area (Å²) in [7, 11) is 0. The van der Waals surface area contributed by atoms with Crippen LogP contribution in [0.25, 0.3) is 5.57 Å². The fourth-order valence-electron chi connectivity index (χ4n) is 1.45. The molecule has 0 amide bonds. The molecule has 0 aliphatic carbocycles. The minimum atomic E-state index is 0. The van der Waals surface area contributed by atoms with Crippen molar-refractivity contribution in [2.75, 3.05) is 0 Å². The molecular formula is C14H14Na2. The summed E-state index contributed by atoms with van der Waals surface area (Å²) >= 11 is 0. The third-order valence-corrected chi connectivity index (χ3v) is 2.24. The first-order chi connectivity index (χ1) is 6.88. The van der Waals surface area contributed by atoms with Gasteiger partial charge in [0.2, 0.25) is 0 Å². The van der Waals surface area contributed by atoms with Crippen LogP contribution in [-0.2, 0) is 0 Å². The number of hydrogen-bond donors (Lipinski definition) is 0. The Labute approximate surface area is 144 Å². The SMILES string of the molecule is C=C(c1ccccc1)c1ccccc1.[H-].[H-].[Na+].[Na+]. The van der Waals surface area contributed by atoms with Gasteiger partial charge in [0, 0.05) is 0 Å². The number of benzene rings is 2. The maximum atomic E-state index is 4.10. The van der Waals surface area contributed by atoms with E-state index < -0.39 is 0 Å². The fraction of sp³-hybridized carbons (Fsp3) is 0. The van der Waals surface area contributed by atoms with Crippen LogP contribution >= 0.6 is 0 Å². The van der Waals surface area contributed by atoms with E-state index in [-0.39, 0.29) is 62.0 Å². The summed E-state index contributed by atoms with van der Waals surface area (Å²) in [6.45, 7) is 4.10. The van der Waals surface area contributed by atoms with E-state index in [0.717, 1.165) is 5.57 Å². The Bertz CT molecular complexity index is 389. The quantitative estimate of drug-likeness (QED) is 0.521. The van der Waals surface area contributed by atoms with Crippen molar-refractivity contribution in [1.82, 2.24) is 0 Å². The summed E-state index contributed by atoms with van der Waals surface area (Å²) in [5.41, 5.74) is 3.43. The minimum Gasteiger partial charge on any atom is -1.00 e. The maximum absolute atomic E-state index is 4.10. The van der Waals surface area contributed by atoms with Crippen molar-refractivity contribution >= 4 is 5.57 Å². The summed E-state index contributed by atoms with van der Waals surface area (Å²) in [4.78, 5) is 0.